The lowest BCUT2D eigenvalue weighted by Gasteiger charge is -2.17. The van der Waals surface area contributed by atoms with Gasteiger partial charge in [-0.25, -0.2) is 4.79 Å². The lowest BCUT2D eigenvalue weighted by atomic mass is 10.1. The Balaban J connectivity index is 1.49. The molecule has 2 fully saturated rings. The van der Waals surface area contributed by atoms with E-state index in [0.717, 1.165) is 49.5 Å². The number of urea groups is 1. The van der Waals surface area contributed by atoms with E-state index < -0.39 is 0 Å². The van der Waals surface area contributed by atoms with Gasteiger partial charge in [0.05, 0.1) is 19.8 Å². The van der Waals surface area contributed by atoms with Crippen LogP contribution in [-0.2, 0) is 11.3 Å². The third-order valence-electron chi connectivity index (χ3n) is 4.85. The Hall–Kier alpha value is -1.95. The fourth-order valence-electron chi connectivity index (χ4n) is 3.34. The van der Waals surface area contributed by atoms with E-state index >= 15 is 0 Å². The molecule has 1 unspecified atom stereocenters. The van der Waals surface area contributed by atoms with Crippen molar-refractivity contribution in [3.05, 3.63) is 23.8 Å². The van der Waals surface area contributed by atoms with E-state index in [4.69, 9.17) is 14.2 Å². The highest BCUT2D eigenvalue weighted by atomic mass is 16.5. The summed E-state index contributed by atoms with van der Waals surface area (Å²) in [4.78, 5) is 11.9. The standard InChI is InChI=1S/C19H28N2O4/c1-23-17-7-6-14(10-18(17)25-16-4-2-3-5-16)11-20-19(22)21-12-15-8-9-24-13-15/h6-7,10,15-16H,2-5,8-9,11-13H2,1H3,(H2,20,21,22). The van der Waals surface area contributed by atoms with Crippen molar-refractivity contribution >= 4 is 6.03 Å². The van der Waals surface area contributed by atoms with Gasteiger partial charge in [-0.2, -0.15) is 0 Å². The summed E-state index contributed by atoms with van der Waals surface area (Å²) in [5, 5.41) is 5.80. The smallest absolute Gasteiger partial charge is 0.315 e. The van der Waals surface area contributed by atoms with Crippen LogP contribution in [-0.4, -0.2) is 39.0 Å². The maximum atomic E-state index is 11.9. The van der Waals surface area contributed by atoms with E-state index in [9.17, 15) is 4.79 Å². The highest BCUT2D eigenvalue weighted by Crippen LogP contribution is 2.32. The van der Waals surface area contributed by atoms with Gasteiger partial charge in [-0.3, -0.25) is 0 Å². The molecule has 1 atom stereocenters. The van der Waals surface area contributed by atoms with Crippen LogP contribution in [0.2, 0.25) is 0 Å². The van der Waals surface area contributed by atoms with Crippen molar-refractivity contribution in [2.45, 2.75) is 44.8 Å². The van der Waals surface area contributed by atoms with Crippen molar-refractivity contribution < 1.29 is 19.0 Å². The molecule has 0 aromatic heterocycles. The summed E-state index contributed by atoms with van der Waals surface area (Å²) in [7, 11) is 1.65. The average molecular weight is 348 g/mol. The fraction of sp³-hybridized carbons (Fsp3) is 0.632. The van der Waals surface area contributed by atoms with Crippen molar-refractivity contribution in [1.29, 1.82) is 0 Å². The van der Waals surface area contributed by atoms with Crippen molar-refractivity contribution in [1.82, 2.24) is 10.6 Å². The van der Waals surface area contributed by atoms with E-state index in [1.807, 2.05) is 18.2 Å². The molecule has 1 saturated carbocycles. The Labute approximate surface area is 149 Å². The molecule has 1 aliphatic carbocycles. The van der Waals surface area contributed by atoms with Crippen LogP contribution in [0, 0.1) is 5.92 Å². The minimum absolute atomic E-state index is 0.152. The largest absolute Gasteiger partial charge is 0.493 e. The second-order valence-electron chi connectivity index (χ2n) is 6.80. The van der Waals surface area contributed by atoms with Crippen molar-refractivity contribution in [2.24, 2.45) is 5.92 Å². The van der Waals surface area contributed by atoms with Gasteiger partial charge in [0.2, 0.25) is 0 Å². The number of methoxy groups -OCH3 is 1. The van der Waals surface area contributed by atoms with Gasteiger partial charge in [-0.05, 0) is 49.8 Å². The highest BCUT2D eigenvalue weighted by molar-refractivity contribution is 5.73. The van der Waals surface area contributed by atoms with Crippen LogP contribution in [0.1, 0.15) is 37.7 Å². The Morgan fingerprint density at radius 2 is 2.04 bits per heavy atom. The molecule has 1 aromatic rings. The molecule has 6 heteroatoms. The molecule has 0 radical (unpaired) electrons. The maximum absolute atomic E-state index is 11.9. The van der Waals surface area contributed by atoms with Crippen molar-refractivity contribution in [2.75, 3.05) is 26.9 Å². The van der Waals surface area contributed by atoms with Crippen LogP contribution >= 0.6 is 0 Å². The molecule has 1 saturated heterocycles. The van der Waals surface area contributed by atoms with Gasteiger partial charge in [0.25, 0.3) is 0 Å². The van der Waals surface area contributed by atoms with Gasteiger partial charge < -0.3 is 24.8 Å². The summed E-state index contributed by atoms with van der Waals surface area (Å²) in [6, 6.07) is 5.66. The van der Waals surface area contributed by atoms with E-state index in [-0.39, 0.29) is 12.1 Å². The number of benzene rings is 1. The van der Waals surface area contributed by atoms with Gasteiger partial charge in [-0.1, -0.05) is 6.07 Å². The first-order chi connectivity index (χ1) is 12.2. The molecule has 138 valence electrons. The van der Waals surface area contributed by atoms with E-state index in [2.05, 4.69) is 10.6 Å². The van der Waals surface area contributed by atoms with Crippen molar-refractivity contribution in [3.8, 4) is 11.5 Å². The Bertz CT molecular complexity index is 567. The number of nitrogens with one attached hydrogen (secondary N) is 2. The first-order valence-corrected chi connectivity index (χ1v) is 9.17. The second-order valence-corrected chi connectivity index (χ2v) is 6.80. The summed E-state index contributed by atoms with van der Waals surface area (Å²) < 4.78 is 16.8. The molecule has 0 spiro atoms. The number of hydrogen-bond donors (Lipinski definition) is 2. The Morgan fingerprint density at radius 3 is 2.76 bits per heavy atom. The summed E-state index contributed by atoms with van der Waals surface area (Å²) in [5.74, 6) is 1.93. The number of amides is 2. The monoisotopic (exact) mass is 348 g/mol. The van der Waals surface area contributed by atoms with Gasteiger partial charge in [0.1, 0.15) is 0 Å². The third kappa shape index (κ3) is 5.26. The zero-order valence-electron chi connectivity index (χ0n) is 14.9. The molecule has 1 aliphatic heterocycles. The molecule has 1 heterocycles. The molecule has 0 bridgehead atoms. The molecule has 2 amide bonds. The van der Waals surface area contributed by atoms with Crippen LogP contribution in [0.25, 0.3) is 0 Å². The van der Waals surface area contributed by atoms with Gasteiger partial charge >= 0.3 is 6.03 Å². The topological polar surface area (TPSA) is 68.8 Å². The maximum Gasteiger partial charge on any atom is 0.315 e. The molecule has 2 aliphatic rings. The van der Waals surface area contributed by atoms with Crippen LogP contribution in [0.15, 0.2) is 18.2 Å². The van der Waals surface area contributed by atoms with Gasteiger partial charge in [0, 0.05) is 25.6 Å². The molecular formula is C19H28N2O4. The first-order valence-electron chi connectivity index (χ1n) is 9.17. The fourth-order valence-corrected chi connectivity index (χ4v) is 3.34. The molecular weight excluding hydrogens is 320 g/mol. The van der Waals surface area contributed by atoms with Crippen molar-refractivity contribution in [3.63, 3.8) is 0 Å². The third-order valence-corrected chi connectivity index (χ3v) is 4.85. The van der Waals surface area contributed by atoms with Gasteiger partial charge in [-0.15, -0.1) is 0 Å². The quantitative estimate of drug-likeness (QED) is 0.795. The SMILES string of the molecule is COc1ccc(CNC(=O)NCC2CCOC2)cc1OC1CCCC1. The van der Waals surface area contributed by atoms with Gasteiger partial charge in [0.15, 0.2) is 11.5 Å². The van der Waals surface area contributed by atoms with E-state index in [1.165, 1.54) is 12.8 Å². The number of hydrogen-bond acceptors (Lipinski definition) is 4. The molecule has 25 heavy (non-hydrogen) atoms. The molecule has 2 N–H and O–H groups in total. The summed E-state index contributed by atoms with van der Waals surface area (Å²) in [6.07, 6.45) is 5.92. The first kappa shape index (κ1) is 17.9. The average Bonchev–Trinajstić information content (AvgIpc) is 3.32. The zero-order valence-corrected chi connectivity index (χ0v) is 14.9. The lowest BCUT2D eigenvalue weighted by molar-refractivity contribution is 0.185. The predicted octanol–water partition coefficient (Wildman–Crippen LogP) is 2.85. The summed E-state index contributed by atoms with van der Waals surface area (Å²) in [5.41, 5.74) is 0.994. The normalized spacial score (nSPS) is 20.4. The molecule has 6 nitrogen and oxygen atoms in total. The van der Waals surface area contributed by atoms with E-state index in [1.54, 1.807) is 7.11 Å². The lowest BCUT2D eigenvalue weighted by Crippen LogP contribution is -2.38. The number of ether oxygens (including phenoxy) is 3. The highest BCUT2D eigenvalue weighted by Gasteiger charge is 2.19. The molecule has 3 rings (SSSR count). The Morgan fingerprint density at radius 1 is 1.20 bits per heavy atom. The number of carbonyl (C=O) groups is 1. The predicted molar refractivity (Wildman–Crippen MR) is 95.0 cm³/mol. The van der Waals surface area contributed by atoms with Crippen LogP contribution in [0.4, 0.5) is 4.79 Å². The second kappa shape index (κ2) is 8.94. The minimum Gasteiger partial charge on any atom is -0.493 e. The zero-order chi connectivity index (χ0) is 17.5. The van der Waals surface area contributed by atoms with E-state index in [0.29, 0.717) is 19.0 Å². The number of carbonyl (C=O) groups excluding carboxylic acids is 1. The summed E-state index contributed by atoms with van der Waals surface area (Å²) in [6.45, 7) is 2.65. The van der Waals surface area contributed by atoms with Crippen LogP contribution < -0.4 is 20.1 Å². The van der Waals surface area contributed by atoms with Crippen LogP contribution in [0.3, 0.4) is 0 Å². The molecule has 1 aromatic carbocycles. The van der Waals surface area contributed by atoms with Crippen LogP contribution in [0.5, 0.6) is 11.5 Å². The minimum atomic E-state index is -0.152. The Kier molecular flexibility index (Phi) is 6.39. The number of rotatable bonds is 7. The summed E-state index contributed by atoms with van der Waals surface area (Å²) >= 11 is 0.